The highest BCUT2D eigenvalue weighted by atomic mass is 16.5. The zero-order valence-electron chi connectivity index (χ0n) is 18.4. The van der Waals surface area contributed by atoms with Gasteiger partial charge in [0, 0.05) is 11.1 Å². The summed E-state index contributed by atoms with van der Waals surface area (Å²) in [5, 5.41) is 17.6. The van der Waals surface area contributed by atoms with Crippen LogP contribution in [0.5, 0.6) is 17.2 Å². The van der Waals surface area contributed by atoms with Crippen LogP contribution in [-0.2, 0) is 0 Å². The number of nitrogens with zero attached hydrogens (tertiary/aromatic N) is 4. The van der Waals surface area contributed by atoms with E-state index in [4.69, 9.17) is 14.2 Å². The minimum atomic E-state index is -0.683. The number of para-hydroxylation sites is 1. The highest BCUT2D eigenvalue weighted by Gasteiger charge is 2.20. The number of methoxy groups -OCH3 is 3. The van der Waals surface area contributed by atoms with Gasteiger partial charge in [-0.05, 0) is 31.2 Å². The third-order valence-electron chi connectivity index (χ3n) is 4.73. The Morgan fingerprint density at radius 3 is 2.30 bits per heavy atom. The lowest BCUT2D eigenvalue weighted by molar-refractivity contribution is 0.0947. The summed E-state index contributed by atoms with van der Waals surface area (Å²) in [6.45, 7) is 1.49. The van der Waals surface area contributed by atoms with Gasteiger partial charge >= 0.3 is 0 Å². The quantitative estimate of drug-likeness (QED) is 0.434. The van der Waals surface area contributed by atoms with Gasteiger partial charge in [-0.1, -0.05) is 18.2 Å². The third-order valence-corrected chi connectivity index (χ3v) is 4.73. The molecule has 10 heteroatoms. The maximum absolute atomic E-state index is 12.8. The van der Waals surface area contributed by atoms with Crippen molar-refractivity contribution in [1.82, 2.24) is 15.2 Å². The smallest absolute Gasteiger partial charge is 0.292 e. The van der Waals surface area contributed by atoms with Crippen LogP contribution >= 0.6 is 0 Å². The number of benzene rings is 2. The molecule has 0 unspecified atom stereocenters. The van der Waals surface area contributed by atoms with E-state index in [0.29, 0.717) is 28.5 Å². The van der Waals surface area contributed by atoms with E-state index in [0.717, 1.165) is 4.68 Å². The van der Waals surface area contributed by atoms with Gasteiger partial charge in [0.15, 0.2) is 17.2 Å². The van der Waals surface area contributed by atoms with Gasteiger partial charge in [0.05, 0.1) is 33.2 Å². The van der Waals surface area contributed by atoms with E-state index in [2.05, 4.69) is 15.6 Å². The van der Waals surface area contributed by atoms with Crippen molar-refractivity contribution in [2.45, 2.75) is 6.92 Å². The molecule has 1 aromatic heterocycles. The molecule has 3 aromatic rings. The van der Waals surface area contributed by atoms with Gasteiger partial charge in [0.25, 0.3) is 11.5 Å². The van der Waals surface area contributed by atoms with Crippen molar-refractivity contribution in [1.29, 1.82) is 5.26 Å². The molecule has 0 saturated heterocycles. The van der Waals surface area contributed by atoms with Crippen LogP contribution in [0.1, 0.15) is 27.2 Å². The second-order valence-corrected chi connectivity index (χ2v) is 6.67. The molecule has 1 amide bonds. The number of hydrogen-bond donors (Lipinski definition) is 1. The van der Waals surface area contributed by atoms with Gasteiger partial charge in [-0.25, -0.2) is 5.43 Å². The lowest BCUT2D eigenvalue weighted by atomic mass is 10.1. The number of hydrogen-bond acceptors (Lipinski definition) is 8. The van der Waals surface area contributed by atoms with Gasteiger partial charge in [0.2, 0.25) is 5.75 Å². The Bertz CT molecular complexity index is 1280. The average Bonchev–Trinajstić information content (AvgIpc) is 2.84. The lowest BCUT2D eigenvalue weighted by Crippen LogP contribution is -2.31. The molecule has 0 spiro atoms. The molecule has 10 nitrogen and oxygen atoms in total. The largest absolute Gasteiger partial charge is 0.493 e. The van der Waals surface area contributed by atoms with E-state index >= 15 is 0 Å². The summed E-state index contributed by atoms with van der Waals surface area (Å²) in [5.74, 6) is 0.594. The predicted molar refractivity (Wildman–Crippen MR) is 120 cm³/mol. The summed E-state index contributed by atoms with van der Waals surface area (Å²) in [7, 11) is 4.47. The van der Waals surface area contributed by atoms with Gasteiger partial charge in [0.1, 0.15) is 11.6 Å². The molecule has 0 aliphatic rings. The topological polar surface area (TPSA) is 128 Å². The summed E-state index contributed by atoms with van der Waals surface area (Å²) in [4.78, 5) is 25.4. The molecule has 1 N–H and O–H groups in total. The summed E-state index contributed by atoms with van der Waals surface area (Å²) < 4.78 is 16.9. The van der Waals surface area contributed by atoms with Crippen molar-refractivity contribution in [2.75, 3.05) is 21.3 Å². The molecule has 0 radical (unpaired) electrons. The van der Waals surface area contributed by atoms with Crippen LogP contribution in [0, 0.1) is 18.3 Å². The summed E-state index contributed by atoms with van der Waals surface area (Å²) in [5.41, 5.74) is 2.64. The predicted octanol–water partition coefficient (Wildman–Crippen LogP) is 2.20. The van der Waals surface area contributed by atoms with Crippen LogP contribution in [0.2, 0.25) is 0 Å². The highest BCUT2D eigenvalue weighted by molar-refractivity contribution is 5.94. The number of aromatic nitrogens is 2. The highest BCUT2D eigenvalue weighted by Crippen LogP contribution is 2.37. The van der Waals surface area contributed by atoms with Crippen LogP contribution < -0.4 is 25.2 Å². The van der Waals surface area contributed by atoms with Crippen molar-refractivity contribution >= 4 is 12.1 Å². The SMILES string of the molecule is COc1cc(/C=N/NC(=O)c2nn(-c3ccccc3)c(=O)c(C#N)c2C)cc(OC)c1OC. The first-order valence-corrected chi connectivity index (χ1v) is 9.68. The molecule has 0 saturated carbocycles. The minimum absolute atomic E-state index is 0.1000. The van der Waals surface area contributed by atoms with Gasteiger partial charge in [-0.2, -0.15) is 20.1 Å². The number of amides is 1. The summed E-state index contributed by atoms with van der Waals surface area (Å²) >= 11 is 0. The van der Waals surface area contributed by atoms with E-state index in [1.807, 2.05) is 6.07 Å². The van der Waals surface area contributed by atoms with Gasteiger partial charge < -0.3 is 14.2 Å². The fourth-order valence-electron chi connectivity index (χ4n) is 3.09. The van der Waals surface area contributed by atoms with E-state index in [1.54, 1.807) is 42.5 Å². The van der Waals surface area contributed by atoms with E-state index in [1.165, 1.54) is 34.5 Å². The third kappa shape index (κ3) is 4.67. The zero-order chi connectivity index (χ0) is 24.0. The van der Waals surface area contributed by atoms with Crippen LogP contribution in [0.15, 0.2) is 52.4 Å². The fraction of sp³-hybridized carbons (Fsp3) is 0.174. The van der Waals surface area contributed by atoms with Crippen LogP contribution in [0.25, 0.3) is 5.69 Å². The molecule has 33 heavy (non-hydrogen) atoms. The van der Waals surface area contributed by atoms with Crippen molar-refractivity contribution in [3.63, 3.8) is 0 Å². The number of carbonyl (C=O) groups is 1. The van der Waals surface area contributed by atoms with Crippen molar-refractivity contribution < 1.29 is 19.0 Å². The Morgan fingerprint density at radius 1 is 1.12 bits per heavy atom. The molecule has 0 aliphatic carbocycles. The zero-order valence-corrected chi connectivity index (χ0v) is 18.4. The fourth-order valence-corrected chi connectivity index (χ4v) is 3.09. The second-order valence-electron chi connectivity index (χ2n) is 6.67. The molecule has 168 valence electrons. The minimum Gasteiger partial charge on any atom is -0.493 e. The lowest BCUT2D eigenvalue weighted by Gasteiger charge is -2.12. The van der Waals surface area contributed by atoms with Crippen molar-refractivity contribution in [3.8, 4) is 29.0 Å². The Hall–Kier alpha value is -4.65. The Morgan fingerprint density at radius 2 is 1.76 bits per heavy atom. The molecule has 3 rings (SSSR count). The second kappa shape index (κ2) is 10.1. The maximum Gasteiger partial charge on any atom is 0.292 e. The molecule has 0 atom stereocenters. The number of hydrazone groups is 1. The van der Waals surface area contributed by atoms with E-state index in [-0.39, 0.29) is 16.8 Å². The first-order chi connectivity index (χ1) is 15.9. The maximum atomic E-state index is 12.8. The molecular formula is C23H21N5O5. The number of carbonyl (C=O) groups excluding carboxylic acids is 1. The summed E-state index contributed by atoms with van der Waals surface area (Å²) in [6, 6.07) is 13.7. The van der Waals surface area contributed by atoms with E-state index < -0.39 is 11.5 Å². The van der Waals surface area contributed by atoms with Gasteiger partial charge in [-0.3, -0.25) is 9.59 Å². The number of nitriles is 1. The molecule has 2 aromatic carbocycles. The summed E-state index contributed by atoms with van der Waals surface area (Å²) in [6.07, 6.45) is 1.39. The monoisotopic (exact) mass is 447 g/mol. The first-order valence-electron chi connectivity index (χ1n) is 9.68. The Balaban J connectivity index is 1.93. The Labute approximate surface area is 189 Å². The van der Waals surface area contributed by atoms with Crippen LogP contribution in [-0.4, -0.2) is 43.2 Å². The van der Waals surface area contributed by atoms with Crippen molar-refractivity contribution in [2.24, 2.45) is 5.10 Å². The molecular weight excluding hydrogens is 426 g/mol. The Kier molecular flexibility index (Phi) is 7.05. The van der Waals surface area contributed by atoms with Crippen molar-refractivity contribution in [3.05, 3.63) is 75.2 Å². The number of rotatable bonds is 7. The van der Waals surface area contributed by atoms with Gasteiger partial charge in [-0.15, -0.1) is 0 Å². The van der Waals surface area contributed by atoms with Crippen LogP contribution in [0.3, 0.4) is 0 Å². The average molecular weight is 447 g/mol. The molecule has 0 bridgehead atoms. The standard InChI is InChI=1S/C23H21N5O5/c1-14-17(12-24)23(30)28(16-8-6-5-7-9-16)27-20(14)22(29)26-25-13-15-10-18(31-2)21(33-4)19(11-15)32-3/h5-11,13H,1-4H3,(H,26,29)/b25-13+. The molecule has 1 heterocycles. The van der Waals surface area contributed by atoms with E-state index in [9.17, 15) is 14.9 Å². The first kappa shape index (κ1) is 23.0. The number of ether oxygens (including phenoxy) is 3. The normalized spacial score (nSPS) is 10.5. The number of nitrogens with one attached hydrogen (secondary N) is 1. The molecule has 0 fully saturated rings. The molecule has 0 aliphatic heterocycles. The van der Waals surface area contributed by atoms with Crippen LogP contribution in [0.4, 0.5) is 0 Å².